The zero-order valence-corrected chi connectivity index (χ0v) is 15.2. The molecule has 3 rings (SSSR count). The number of likely N-dealkylation sites (tertiary alicyclic amines) is 1. The van der Waals surface area contributed by atoms with Crippen LogP contribution in [0.15, 0.2) is 18.2 Å². The topological polar surface area (TPSA) is 95.9 Å². The molecule has 2 fully saturated rings. The lowest BCUT2D eigenvalue weighted by atomic mass is 9.80. The van der Waals surface area contributed by atoms with Gasteiger partial charge in [0.25, 0.3) is 5.91 Å². The van der Waals surface area contributed by atoms with Crippen LogP contribution in [0.4, 0.5) is 0 Å². The molecule has 26 heavy (non-hydrogen) atoms. The number of ether oxygens (including phenoxy) is 1. The number of halogens is 1. The molecule has 1 aliphatic heterocycles. The minimum absolute atomic E-state index is 0.137. The predicted octanol–water partition coefficient (Wildman–Crippen LogP) is 1.93. The first kappa shape index (κ1) is 18.5. The van der Waals surface area contributed by atoms with Gasteiger partial charge in [0.2, 0.25) is 5.91 Å². The van der Waals surface area contributed by atoms with Crippen molar-refractivity contribution in [1.82, 2.24) is 10.2 Å². The molecule has 1 saturated carbocycles. The van der Waals surface area contributed by atoms with Gasteiger partial charge < -0.3 is 20.1 Å². The van der Waals surface area contributed by atoms with Gasteiger partial charge in [-0.25, -0.2) is 0 Å². The summed E-state index contributed by atoms with van der Waals surface area (Å²) < 4.78 is 5.24. The second kappa shape index (κ2) is 7.53. The highest BCUT2D eigenvalue weighted by Crippen LogP contribution is 2.30. The van der Waals surface area contributed by atoms with Crippen molar-refractivity contribution in [3.8, 4) is 5.75 Å². The van der Waals surface area contributed by atoms with Gasteiger partial charge in [-0.2, -0.15) is 0 Å². The molecule has 1 heterocycles. The smallest absolute Gasteiger partial charge is 0.306 e. The van der Waals surface area contributed by atoms with Crippen molar-refractivity contribution < 1.29 is 24.2 Å². The Morgan fingerprint density at radius 1 is 1.31 bits per heavy atom. The van der Waals surface area contributed by atoms with E-state index >= 15 is 0 Å². The van der Waals surface area contributed by atoms with Crippen LogP contribution in [0.3, 0.4) is 0 Å². The Morgan fingerprint density at radius 3 is 2.69 bits per heavy atom. The normalized spacial score (nSPS) is 24.7. The van der Waals surface area contributed by atoms with Gasteiger partial charge in [-0.05, 0) is 43.9 Å². The molecule has 0 spiro atoms. The maximum absolute atomic E-state index is 12.9. The van der Waals surface area contributed by atoms with Gasteiger partial charge in [-0.15, -0.1) is 0 Å². The Kier molecular flexibility index (Phi) is 5.36. The maximum Gasteiger partial charge on any atom is 0.306 e. The standard InChI is InChI=1S/C18H21ClN2O5/c1-26-15-5-4-11(19)9-13(15)17(23)21-6-2-3-14(21)16(22)20-12-7-10(8-12)18(24)25/h4-5,9-10,12,14H,2-3,6-8H2,1H3,(H,20,22)(H,24,25). The van der Waals surface area contributed by atoms with Crippen LogP contribution in [0.1, 0.15) is 36.0 Å². The SMILES string of the molecule is COc1ccc(Cl)cc1C(=O)N1CCCC1C(=O)NC1CC(C(=O)O)C1. The average molecular weight is 381 g/mol. The number of nitrogens with zero attached hydrogens (tertiary/aromatic N) is 1. The number of carbonyl (C=O) groups excluding carboxylic acids is 2. The van der Waals surface area contributed by atoms with Crippen LogP contribution in [0.2, 0.25) is 5.02 Å². The van der Waals surface area contributed by atoms with Crippen molar-refractivity contribution in [2.75, 3.05) is 13.7 Å². The van der Waals surface area contributed by atoms with Gasteiger partial charge in [0.05, 0.1) is 18.6 Å². The van der Waals surface area contributed by atoms with Gasteiger partial charge in [0, 0.05) is 17.6 Å². The minimum Gasteiger partial charge on any atom is -0.496 e. The molecule has 1 aromatic rings. The van der Waals surface area contributed by atoms with Crippen LogP contribution in [-0.4, -0.2) is 53.5 Å². The Balaban J connectivity index is 1.68. The van der Waals surface area contributed by atoms with Gasteiger partial charge in [0.15, 0.2) is 0 Å². The van der Waals surface area contributed by atoms with E-state index in [0.29, 0.717) is 42.1 Å². The van der Waals surface area contributed by atoms with Gasteiger partial charge in [-0.3, -0.25) is 14.4 Å². The first-order chi connectivity index (χ1) is 12.4. The summed E-state index contributed by atoms with van der Waals surface area (Å²) in [5.41, 5.74) is 0.328. The van der Waals surface area contributed by atoms with E-state index in [4.69, 9.17) is 21.4 Å². The summed E-state index contributed by atoms with van der Waals surface area (Å²) in [6, 6.07) is 4.11. The molecule has 2 aliphatic rings. The lowest BCUT2D eigenvalue weighted by Crippen LogP contribution is -2.53. The monoisotopic (exact) mass is 380 g/mol. The number of rotatable bonds is 5. The summed E-state index contributed by atoms with van der Waals surface area (Å²) >= 11 is 6.00. The van der Waals surface area contributed by atoms with E-state index in [2.05, 4.69) is 5.32 Å². The number of aliphatic carboxylic acids is 1. The highest BCUT2D eigenvalue weighted by molar-refractivity contribution is 6.31. The number of hydrogen-bond acceptors (Lipinski definition) is 4. The third-order valence-corrected chi connectivity index (χ3v) is 5.28. The molecule has 1 aromatic carbocycles. The molecule has 1 aliphatic carbocycles. The van der Waals surface area contributed by atoms with Crippen molar-refractivity contribution in [1.29, 1.82) is 0 Å². The van der Waals surface area contributed by atoms with Crippen molar-refractivity contribution in [2.24, 2.45) is 5.92 Å². The zero-order chi connectivity index (χ0) is 18.8. The van der Waals surface area contributed by atoms with Gasteiger partial charge in [0.1, 0.15) is 11.8 Å². The predicted molar refractivity (Wildman–Crippen MR) is 94.4 cm³/mol. The van der Waals surface area contributed by atoms with E-state index in [9.17, 15) is 14.4 Å². The number of amides is 2. The fourth-order valence-corrected chi connectivity index (χ4v) is 3.69. The summed E-state index contributed by atoms with van der Waals surface area (Å²) in [6.07, 6.45) is 2.18. The van der Waals surface area contributed by atoms with E-state index in [0.717, 1.165) is 6.42 Å². The molecule has 0 bridgehead atoms. The minimum atomic E-state index is -0.832. The molecule has 0 radical (unpaired) electrons. The van der Waals surface area contributed by atoms with E-state index in [-0.39, 0.29) is 17.9 Å². The Bertz CT molecular complexity index is 732. The van der Waals surface area contributed by atoms with E-state index in [1.807, 2.05) is 0 Å². The number of carboxylic acids is 1. The number of benzene rings is 1. The maximum atomic E-state index is 12.9. The van der Waals surface area contributed by atoms with E-state index in [1.54, 1.807) is 18.2 Å². The molecule has 0 aromatic heterocycles. The van der Waals surface area contributed by atoms with Crippen LogP contribution in [0.5, 0.6) is 5.75 Å². The van der Waals surface area contributed by atoms with Crippen molar-refractivity contribution >= 4 is 29.4 Å². The molecule has 2 amide bonds. The van der Waals surface area contributed by atoms with Crippen LogP contribution in [0, 0.1) is 5.92 Å². The summed E-state index contributed by atoms with van der Waals surface area (Å²) in [5, 5.41) is 12.2. The zero-order valence-electron chi connectivity index (χ0n) is 14.4. The van der Waals surface area contributed by atoms with Crippen LogP contribution in [-0.2, 0) is 9.59 Å². The van der Waals surface area contributed by atoms with Crippen LogP contribution >= 0.6 is 11.6 Å². The lowest BCUT2D eigenvalue weighted by Gasteiger charge is -2.34. The molecular weight excluding hydrogens is 360 g/mol. The molecule has 2 N–H and O–H groups in total. The number of carboxylic acid groups (broad SMARTS) is 1. The van der Waals surface area contributed by atoms with Crippen molar-refractivity contribution in [3.63, 3.8) is 0 Å². The third kappa shape index (κ3) is 3.62. The Morgan fingerprint density at radius 2 is 2.04 bits per heavy atom. The fourth-order valence-electron chi connectivity index (χ4n) is 3.52. The largest absolute Gasteiger partial charge is 0.496 e. The van der Waals surface area contributed by atoms with Crippen LogP contribution in [0.25, 0.3) is 0 Å². The van der Waals surface area contributed by atoms with Gasteiger partial charge in [-0.1, -0.05) is 11.6 Å². The first-order valence-electron chi connectivity index (χ1n) is 8.58. The van der Waals surface area contributed by atoms with Crippen LogP contribution < -0.4 is 10.1 Å². The molecule has 1 saturated heterocycles. The Labute approximate surface area is 156 Å². The highest BCUT2D eigenvalue weighted by atomic mass is 35.5. The molecular formula is C18H21ClN2O5. The number of methoxy groups -OCH3 is 1. The Hall–Kier alpha value is -2.28. The van der Waals surface area contributed by atoms with Gasteiger partial charge >= 0.3 is 5.97 Å². The first-order valence-corrected chi connectivity index (χ1v) is 8.96. The second-order valence-electron chi connectivity index (χ2n) is 6.71. The summed E-state index contributed by atoms with van der Waals surface area (Å²) in [7, 11) is 1.48. The highest BCUT2D eigenvalue weighted by Gasteiger charge is 2.40. The van der Waals surface area contributed by atoms with Crippen molar-refractivity contribution in [3.05, 3.63) is 28.8 Å². The summed E-state index contributed by atoms with van der Waals surface area (Å²) in [4.78, 5) is 37.9. The molecule has 1 unspecified atom stereocenters. The third-order valence-electron chi connectivity index (χ3n) is 5.04. The molecule has 140 valence electrons. The van der Waals surface area contributed by atoms with Crippen molar-refractivity contribution in [2.45, 2.75) is 37.8 Å². The number of nitrogens with one attached hydrogen (secondary N) is 1. The summed E-state index contributed by atoms with van der Waals surface area (Å²) in [5.74, 6) is -1.34. The number of hydrogen-bond donors (Lipinski definition) is 2. The quantitative estimate of drug-likeness (QED) is 0.813. The summed E-state index contributed by atoms with van der Waals surface area (Å²) in [6.45, 7) is 0.481. The molecule has 7 nitrogen and oxygen atoms in total. The molecule has 8 heteroatoms. The average Bonchev–Trinajstić information content (AvgIpc) is 3.06. The lowest BCUT2D eigenvalue weighted by molar-refractivity contribution is -0.146. The molecule has 1 atom stereocenters. The fraction of sp³-hybridized carbons (Fsp3) is 0.500. The number of carbonyl (C=O) groups is 3. The van der Waals surface area contributed by atoms with E-state index < -0.39 is 17.9 Å². The second-order valence-corrected chi connectivity index (χ2v) is 7.15. The van der Waals surface area contributed by atoms with E-state index in [1.165, 1.54) is 12.0 Å².